The van der Waals surface area contributed by atoms with E-state index in [9.17, 15) is 18.0 Å². The molecular formula is C29H41F3N4O3. The molecule has 1 aromatic heterocycles. The second-order valence-corrected chi connectivity index (χ2v) is 10.4. The van der Waals surface area contributed by atoms with Gasteiger partial charge in [0.25, 0.3) is 0 Å². The predicted molar refractivity (Wildman–Crippen MR) is 146 cm³/mol. The Morgan fingerprint density at radius 2 is 1.72 bits per heavy atom. The average Bonchev–Trinajstić information content (AvgIpc) is 2.93. The second kappa shape index (κ2) is 14.4. The molecule has 216 valence electrons. The molecule has 1 aromatic carbocycles. The van der Waals surface area contributed by atoms with Gasteiger partial charge in [0.2, 0.25) is 5.91 Å². The highest BCUT2D eigenvalue weighted by atomic mass is 19.4. The van der Waals surface area contributed by atoms with Gasteiger partial charge in [-0.1, -0.05) is 32.8 Å². The summed E-state index contributed by atoms with van der Waals surface area (Å²) in [6.07, 6.45) is 1.12. The summed E-state index contributed by atoms with van der Waals surface area (Å²) < 4.78 is 50.0. The highest BCUT2D eigenvalue weighted by molar-refractivity contribution is 5.76. The van der Waals surface area contributed by atoms with Crippen molar-refractivity contribution < 1.29 is 27.4 Å². The first-order valence-electron chi connectivity index (χ1n) is 13.6. The summed E-state index contributed by atoms with van der Waals surface area (Å²) >= 11 is 0. The SMILES string of the molecule is COc1ccc(CNC(CCCC(C)C)CCC(=O)N2CCN(c3cc(C(F)(F)F)ccn3)CC2)cc1OC. The molecule has 39 heavy (non-hydrogen) atoms. The van der Waals surface area contributed by atoms with Crippen LogP contribution in [0.3, 0.4) is 0 Å². The van der Waals surface area contributed by atoms with Gasteiger partial charge in [0, 0.05) is 51.4 Å². The summed E-state index contributed by atoms with van der Waals surface area (Å²) in [5, 5.41) is 3.63. The van der Waals surface area contributed by atoms with Crippen molar-refractivity contribution in [3.8, 4) is 11.5 Å². The minimum absolute atomic E-state index is 0.0772. The fraction of sp³-hybridized carbons (Fsp3) is 0.586. The third-order valence-electron chi connectivity index (χ3n) is 7.11. The number of hydrogen-bond acceptors (Lipinski definition) is 6. The lowest BCUT2D eigenvalue weighted by atomic mass is 9.99. The Morgan fingerprint density at radius 1 is 1.00 bits per heavy atom. The third-order valence-corrected chi connectivity index (χ3v) is 7.11. The topological polar surface area (TPSA) is 66.9 Å². The monoisotopic (exact) mass is 550 g/mol. The van der Waals surface area contributed by atoms with E-state index in [1.807, 2.05) is 23.1 Å². The highest BCUT2D eigenvalue weighted by Crippen LogP contribution is 2.31. The Bertz CT molecular complexity index is 1060. The summed E-state index contributed by atoms with van der Waals surface area (Å²) in [6.45, 7) is 6.92. The number of carbonyl (C=O) groups is 1. The number of methoxy groups -OCH3 is 2. The normalized spacial score (nSPS) is 15.0. The molecule has 0 aliphatic carbocycles. The number of halogens is 3. The molecule has 1 N–H and O–H groups in total. The maximum atomic E-state index is 13.1. The molecule has 1 unspecified atom stereocenters. The average molecular weight is 551 g/mol. The van der Waals surface area contributed by atoms with Crippen molar-refractivity contribution in [3.05, 3.63) is 47.7 Å². The predicted octanol–water partition coefficient (Wildman–Crippen LogP) is 5.53. The molecule has 2 heterocycles. The van der Waals surface area contributed by atoms with E-state index in [1.54, 1.807) is 19.1 Å². The van der Waals surface area contributed by atoms with Gasteiger partial charge < -0.3 is 24.6 Å². The molecule has 0 spiro atoms. The van der Waals surface area contributed by atoms with Crippen molar-refractivity contribution >= 4 is 11.7 Å². The molecule has 1 aliphatic rings. The smallest absolute Gasteiger partial charge is 0.416 e. The molecule has 0 radical (unpaired) electrons. The third kappa shape index (κ3) is 9.30. The number of pyridine rings is 1. The number of alkyl halides is 3. The molecule has 1 fully saturated rings. The van der Waals surface area contributed by atoms with Crippen molar-refractivity contribution in [1.82, 2.24) is 15.2 Å². The number of ether oxygens (including phenoxy) is 2. The van der Waals surface area contributed by atoms with Crippen LogP contribution in [0.1, 0.15) is 57.1 Å². The number of piperazine rings is 1. The van der Waals surface area contributed by atoms with Crippen LogP contribution in [-0.2, 0) is 17.5 Å². The summed E-state index contributed by atoms with van der Waals surface area (Å²) in [4.78, 5) is 20.8. The van der Waals surface area contributed by atoms with Crippen LogP contribution in [0.2, 0.25) is 0 Å². The first kappa shape index (κ1) is 30.5. The van der Waals surface area contributed by atoms with E-state index in [4.69, 9.17) is 9.47 Å². The largest absolute Gasteiger partial charge is 0.493 e. The van der Waals surface area contributed by atoms with Gasteiger partial charge in [-0.3, -0.25) is 4.79 Å². The van der Waals surface area contributed by atoms with Gasteiger partial charge in [0.05, 0.1) is 19.8 Å². The number of aromatic nitrogens is 1. The van der Waals surface area contributed by atoms with E-state index in [0.717, 1.165) is 43.4 Å². The minimum atomic E-state index is -4.41. The zero-order valence-corrected chi connectivity index (χ0v) is 23.4. The Hall–Kier alpha value is -3.01. The van der Waals surface area contributed by atoms with Crippen LogP contribution in [0.4, 0.5) is 19.0 Å². The number of benzene rings is 1. The molecule has 1 amide bonds. The molecule has 7 nitrogen and oxygen atoms in total. The van der Waals surface area contributed by atoms with Gasteiger partial charge in [-0.05, 0) is 48.6 Å². The summed E-state index contributed by atoms with van der Waals surface area (Å²) in [6, 6.07) is 8.09. The van der Waals surface area contributed by atoms with Gasteiger partial charge in [-0.15, -0.1) is 0 Å². The number of rotatable bonds is 13. The number of nitrogens with zero attached hydrogens (tertiary/aromatic N) is 3. The summed E-state index contributed by atoms with van der Waals surface area (Å²) in [7, 11) is 3.23. The molecule has 1 aliphatic heterocycles. The van der Waals surface area contributed by atoms with Crippen LogP contribution in [0.5, 0.6) is 11.5 Å². The van der Waals surface area contributed by atoms with Crippen LogP contribution < -0.4 is 19.7 Å². The van der Waals surface area contributed by atoms with Crippen LogP contribution in [-0.4, -0.2) is 62.2 Å². The number of amides is 1. The lowest BCUT2D eigenvalue weighted by molar-refractivity contribution is -0.137. The molecule has 0 saturated carbocycles. The van der Waals surface area contributed by atoms with Gasteiger partial charge in [-0.25, -0.2) is 4.98 Å². The Labute approximate surface area is 229 Å². The van der Waals surface area contributed by atoms with Crippen molar-refractivity contribution in [1.29, 1.82) is 0 Å². The second-order valence-electron chi connectivity index (χ2n) is 10.4. The van der Waals surface area contributed by atoms with Crippen LogP contribution in [0, 0.1) is 5.92 Å². The molecule has 1 saturated heterocycles. The number of nitrogens with one attached hydrogen (secondary N) is 1. The Morgan fingerprint density at radius 3 is 2.36 bits per heavy atom. The van der Waals surface area contributed by atoms with Gasteiger partial charge in [-0.2, -0.15) is 13.2 Å². The van der Waals surface area contributed by atoms with Crippen molar-refractivity contribution in [2.75, 3.05) is 45.3 Å². The van der Waals surface area contributed by atoms with E-state index >= 15 is 0 Å². The zero-order valence-electron chi connectivity index (χ0n) is 23.4. The van der Waals surface area contributed by atoms with E-state index in [0.29, 0.717) is 62.4 Å². The summed E-state index contributed by atoms with van der Waals surface area (Å²) in [5.41, 5.74) is 0.363. The highest BCUT2D eigenvalue weighted by Gasteiger charge is 2.32. The quantitative estimate of drug-likeness (QED) is 0.354. The molecule has 1 atom stereocenters. The first-order chi connectivity index (χ1) is 18.6. The van der Waals surface area contributed by atoms with Gasteiger partial charge in [0.15, 0.2) is 11.5 Å². The van der Waals surface area contributed by atoms with Gasteiger partial charge >= 0.3 is 6.18 Å². The Balaban J connectivity index is 1.52. The van der Waals surface area contributed by atoms with Crippen molar-refractivity contribution in [2.24, 2.45) is 5.92 Å². The lowest BCUT2D eigenvalue weighted by Crippen LogP contribution is -2.49. The van der Waals surface area contributed by atoms with E-state index in [-0.39, 0.29) is 11.9 Å². The fourth-order valence-electron chi connectivity index (χ4n) is 4.78. The van der Waals surface area contributed by atoms with Crippen LogP contribution >= 0.6 is 0 Å². The van der Waals surface area contributed by atoms with Crippen molar-refractivity contribution in [3.63, 3.8) is 0 Å². The van der Waals surface area contributed by atoms with Crippen LogP contribution in [0.15, 0.2) is 36.5 Å². The molecule has 3 rings (SSSR count). The molecular weight excluding hydrogens is 509 g/mol. The van der Waals surface area contributed by atoms with E-state index in [1.165, 1.54) is 6.20 Å². The standard InChI is InChI=1S/C29H41F3N4O3/c1-21(2)6-5-7-24(34-20-22-8-10-25(38-3)26(18-22)39-4)9-11-28(37)36-16-14-35(15-17-36)27-19-23(12-13-33-27)29(30,31)32/h8,10,12-13,18-19,21,24,34H,5-7,9,11,14-17,20H2,1-4H3. The Kier molecular flexibility index (Phi) is 11.3. The molecule has 2 aromatic rings. The number of anilines is 1. The van der Waals surface area contributed by atoms with E-state index in [2.05, 4.69) is 24.1 Å². The maximum Gasteiger partial charge on any atom is 0.416 e. The maximum absolute atomic E-state index is 13.1. The van der Waals surface area contributed by atoms with Crippen molar-refractivity contribution in [2.45, 2.75) is 64.7 Å². The van der Waals surface area contributed by atoms with Gasteiger partial charge in [0.1, 0.15) is 5.82 Å². The van der Waals surface area contributed by atoms with E-state index < -0.39 is 11.7 Å². The fourth-order valence-corrected chi connectivity index (χ4v) is 4.78. The minimum Gasteiger partial charge on any atom is -0.493 e. The summed E-state index contributed by atoms with van der Waals surface area (Å²) in [5.74, 6) is 2.36. The molecule has 10 heteroatoms. The number of carbonyl (C=O) groups excluding carboxylic acids is 1. The number of hydrogen-bond donors (Lipinski definition) is 1. The first-order valence-corrected chi connectivity index (χ1v) is 13.6. The van der Waals surface area contributed by atoms with Crippen LogP contribution in [0.25, 0.3) is 0 Å². The zero-order chi connectivity index (χ0) is 28.4. The lowest BCUT2D eigenvalue weighted by Gasteiger charge is -2.36. The molecule has 0 bridgehead atoms.